The van der Waals surface area contributed by atoms with E-state index in [1.807, 2.05) is 35.2 Å². The summed E-state index contributed by atoms with van der Waals surface area (Å²) < 4.78 is 10.9. The smallest absolute Gasteiger partial charge is 0.330 e. The number of carbonyl (C=O) groups excluding carboxylic acids is 3. The molecule has 1 amide bonds. The van der Waals surface area contributed by atoms with E-state index in [0.29, 0.717) is 42.8 Å². The van der Waals surface area contributed by atoms with Gasteiger partial charge in [-0.1, -0.05) is 24.3 Å². The van der Waals surface area contributed by atoms with Crippen molar-refractivity contribution < 1.29 is 23.9 Å². The molecule has 6 nitrogen and oxygen atoms in total. The van der Waals surface area contributed by atoms with Crippen molar-refractivity contribution >= 4 is 23.7 Å². The molecular formula is C24H23NO5. The molecule has 2 heterocycles. The van der Waals surface area contributed by atoms with Gasteiger partial charge in [-0.05, 0) is 35.9 Å². The summed E-state index contributed by atoms with van der Waals surface area (Å²) >= 11 is 0. The van der Waals surface area contributed by atoms with Crippen molar-refractivity contribution in [3.8, 4) is 5.75 Å². The van der Waals surface area contributed by atoms with Crippen molar-refractivity contribution in [3.63, 3.8) is 0 Å². The Morgan fingerprint density at radius 3 is 2.53 bits per heavy atom. The summed E-state index contributed by atoms with van der Waals surface area (Å²) in [5.41, 5.74) is 1.36. The normalized spacial score (nSPS) is 17.5. The van der Waals surface area contributed by atoms with Crippen LogP contribution in [0.5, 0.6) is 5.75 Å². The molecule has 0 atom stereocenters. The van der Waals surface area contributed by atoms with Crippen LogP contribution in [-0.2, 0) is 9.53 Å². The highest BCUT2D eigenvalue weighted by Crippen LogP contribution is 2.40. The molecule has 4 rings (SSSR count). The molecule has 1 spiro atoms. The van der Waals surface area contributed by atoms with Crippen molar-refractivity contribution in [3.05, 3.63) is 71.3 Å². The number of likely N-dealkylation sites (tertiary alicyclic amines) is 1. The van der Waals surface area contributed by atoms with E-state index in [-0.39, 0.29) is 18.1 Å². The molecule has 1 saturated heterocycles. The quantitative estimate of drug-likeness (QED) is 0.577. The Morgan fingerprint density at radius 2 is 1.83 bits per heavy atom. The van der Waals surface area contributed by atoms with Gasteiger partial charge in [0.2, 0.25) is 0 Å². The summed E-state index contributed by atoms with van der Waals surface area (Å²) in [6, 6.07) is 14.5. The highest BCUT2D eigenvalue weighted by atomic mass is 16.5. The van der Waals surface area contributed by atoms with Crippen molar-refractivity contribution in [2.75, 3.05) is 20.2 Å². The van der Waals surface area contributed by atoms with Gasteiger partial charge in [0.15, 0.2) is 5.78 Å². The van der Waals surface area contributed by atoms with Gasteiger partial charge in [0.05, 0.1) is 19.1 Å². The van der Waals surface area contributed by atoms with E-state index >= 15 is 0 Å². The second kappa shape index (κ2) is 8.14. The number of rotatable bonds is 3. The predicted octanol–water partition coefficient (Wildman–Crippen LogP) is 3.51. The molecule has 154 valence electrons. The lowest BCUT2D eigenvalue weighted by Crippen LogP contribution is -2.52. The van der Waals surface area contributed by atoms with Crippen molar-refractivity contribution in [1.82, 2.24) is 4.90 Å². The number of ketones is 1. The van der Waals surface area contributed by atoms with Crippen LogP contribution in [0.2, 0.25) is 0 Å². The average Bonchev–Trinajstić information content (AvgIpc) is 2.78. The number of carbonyl (C=O) groups is 3. The predicted molar refractivity (Wildman–Crippen MR) is 111 cm³/mol. The first-order chi connectivity index (χ1) is 14.5. The number of fused-ring (bicyclic) bond motifs is 1. The van der Waals surface area contributed by atoms with Crippen LogP contribution in [0.3, 0.4) is 0 Å². The number of amides is 1. The molecule has 0 N–H and O–H groups in total. The van der Waals surface area contributed by atoms with Crippen LogP contribution in [0.25, 0.3) is 6.08 Å². The minimum Gasteiger partial charge on any atom is -0.486 e. The zero-order chi connectivity index (χ0) is 21.1. The second-order valence-corrected chi connectivity index (χ2v) is 7.66. The number of hydrogen-bond donors (Lipinski definition) is 0. The summed E-state index contributed by atoms with van der Waals surface area (Å²) in [6.45, 7) is 1.10. The molecule has 0 aromatic heterocycles. The van der Waals surface area contributed by atoms with Gasteiger partial charge >= 0.3 is 5.97 Å². The van der Waals surface area contributed by atoms with Crippen molar-refractivity contribution in [2.24, 2.45) is 0 Å². The maximum Gasteiger partial charge on any atom is 0.330 e. The van der Waals surface area contributed by atoms with E-state index < -0.39 is 11.6 Å². The topological polar surface area (TPSA) is 72.9 Å². The Morgan fingerprint density at radius 1 is 1.10 bits per heavy atom. The molecule has 2 aromatic carbocycles. The molecule has 2 aromatic rings. The van der Waals surface area contributed by atoms with E-state index in [0.717, 1.165) is 5.56 Å². The Kier molecular flexibility index (Phi) is 5.40. The van der Waals surface area contributed by atoms with Gasteiger partial charge in [-0.3, -0.25) is 9.59 Å². The molecule has 2 aliphatic rings. The maximum atomic E-state index is 12.9. The lowest BCUT2D eigenvalue weighted by molar-refractivity contribution is -0.134. The number of benzene rings is 2. The average molecular weight is 405 g/mol. The molecule has 6 heteroatoms. The fraction of sp³-hybridized carbons (Fsp3) is 0.292. The lowest BCUT2D eigenvalue weighted by atomic mass is 9.82. The van der Waals surface area contributed by atoms with E-state index in [4.69, 9.17) is 4.74 Å². The Labute approximate surface area is 175 Å². The molecule has 2 aliphatic heterocycles. The highest BCUT2D eigenvalue weighted by molar-refractivity contribution is 6.01. The molecule has 0 radical (unpaired) electrons. The molecule has 1 fully saturated rings. The van der Waals surface area contributed by atoms with Crippen LogP contribution in [0.4, 0.5) is 0 Å². The van der Waals surface area contributed by atoms with Gasteiger partial charge in [0.1, 0.15) is 11.4 Å². The molecule has 0 aliphatic carbocycles. The Balaban J connectivity index is 1.46. The van der Waals surface area contributed by atoms with E-state index in [1.165, 1.54) is 13.2 Å². The summed E-state index contributed by atoms with van der Waals surface area (Å²) in [7, 11) is 1.31. The van der Waals surface area contributed by atoms with Crippen LogP contribution in [0.15, 0.2) is 54.6 Å². The number of esters is 1. The second-order valence-electron chi connectivity index (χ2n) is 7.66. The summed E-state index contributed by atoms with van der Waals surface area (Å²) in [5, 5.41) is 0. The summed E-state index contributed by atoms with van der Waals surface area (Å²) in [6.07, 6.45) is 4.44. The first kappa shape index (κ1) is 19.9. The monoisotopic (exact) mass is 405 g/mol. The molecule has 0 unspecified atom stereocenters. The third-order valence-corrected chi connectivity index (χ3v) is 5.71. The minimum absolute atomic E-state index is 0.00928. The highest BCUT2D eigenvalue weighted by Gasteiger charge is 2.43. The third kappa shape index (κ3) is 3.99. The molecule has 0 bridgehead atoms. The van der Waals surface area contributed by atoms with Crippen molar-refractivity contribution in [2.45, 2.75) is 24.9 Å². The Hall–Kier alpha value is -3.41. The zero-order valence-corrected chi connectivity index (χ0v) is 16.8. The SMILES string of the molecule is COC(=O)C=Cc1ccc2c(c1)C(=O)CC1(CCN(C(=O)c3ccccc3)CC1)O2. The van der Waals surface area contributed by atoms with Gasteiger partial charge in [-0.15, -0.1) is 0 Å². The third-order valence-electron chi connectivity index (χ3n) is 5.71. The number of ether oxygens (including phenoxy) is 2. The van der Waals surface area contributed by atoms with Gasteiger partial charge in [0.25, 0.3) is 5.91 Å². The minimum atomic E-state index is -0.569. The lowest BCUT2D eigenvalue weighted by Gasteiger charge is -2.44. The Bertz CT molecular complexity index is 1000. The largest absolute Gasteiger partial charge is 0.486 e. The molecule has 30 heavy (non-hydrogen) atoms. The van der Waals surface area contributed by atoms with E-state index in [1.54, 1.807) is 24.3 Å². The van der Waals surface area contributed by atoms with Gasteiger partial charge in [0, 0.05) is 37.6 Å². The number of piperidine rings is 1. The van der Waals surface area contributed by atoms with Crippen LogP contribution in [0.1, 0.15) is 45.5 Å². The number of nitrogens with zero attached hydrogens (tertiary/aromatic N) is 1. The summed E-state index contributed by atoms with van der Waals surface area (Å²) in [5.74, 6) is 0.137. The number of Topliss-reactive ketones (excluding diaryl/α,β-unsaturated/α-hetero) is 1. The van der Waals surface area contributed by atoms with Crippen LogP contribution < -0.4 is 4.74 Å². The summed E-state index contributed by atoms with van der Waals surface area (Å²) in [4.78, 5) is 38.6. The van der Waals surface area contributed by atoms with Gasteiger partial charge in [-0.2, -0.15) is 0 Å². The number of methoxy groups -OCH3 is 1. The molecule has 0 saturated carbocycles. The van der Waals surface area contributed by atoms with Crippen molar-refractivity contribution in [1.29, 1.82) is 0 Å². The van der Waals surface area contributed by atoms with Crippen LogP contribution in [-0.4, -0.2) is 48.4 Å². The fourth-order valence-electron chi connectivity index (χ4n) is 4.01. The van der Waals surface area contributed by atoms with Crippen LogP contribution in [0, 0.1) is 0 Å². The van der Waals surface area contributed by atoms with E-state index in [2.05, 4.69) is 4.74 Å². The maximum absolute atomic E-state index is 12.9. The standard InChI is InChI=1S/C24H23NO5/c1-29-22(27)10-8-17-7-9-21-19(15-17)20(26)16-24(30-21)11-13-25(14-12-24)23(28)18-5-3-2-4-6-18/h2-10,15H,11-14,16H2,1H3. The van der Waals surface area contributed by atoms with Crippen LogP contribution >= 0.6 is 0 Å². The number of hydrogen-bond acceptors (Lipinski definition) is 5. The first-order valence-corrected chi connectivity index (χ1v) is 9.96. The van der Waals surface area contributed by atoms with E-state index in [9.17, 15) is 14.4 Å². The first-order valence-electron chi connectivity index (χ1n) is 9.96. The zero-order valence-electron chi connectivity index (χ0n) is 16.8. The van der Waals surface area contributed by atoms with Gasteiger partial charge in [-0.25, -0.2) is 4.79 Å². The van der Waals surface area contributed by atoms with Gasteiger partial charge < -0.3 is 14.4 Å². The fourth-order valence-corrected chi connectivity index (χ4v) is 4.01. The molecular weight excluding hydrogens is 382 g/mol.